The zero-order chi connectivity index (χ0) is 9.86. The highest BCUT2D eigenvalue weighted by atomic mass is 32.2. The highest BCUT2D eigenvalue weighted by Crippen LogP contribution is 2.38. The molecule has 2 unspecified atom stereocenters. The van der Waals surface area contributed by atoms with Gasteiger partial charge in [0.25, 0.3) is 0 Å². The van der Waals surface area contributed by atoms with Crippen LogP contribution in [-0.4, -0.2) is 48.0 Å². The van der Waals surface area contributed by atoms with Gasteiger partial charge in [-0.1, -0.05) is 0 Å². The molecule has 2 rings (SSSR count). The van der Waals surface area contributed by atoms with Crippen LogP contribution in [0.15, 0.2) is 0 Å². The molecule has 14 heavy (non-hydrogen) atoms. The summed E-state index contributed by atoms with van der Waals surface area (Å²) in [5.74, 6) is 2.40. The number of aliphatic hydroxyl groups excluding tert-OH is 1. The van der Waals surface area contributed by atoms with Crippen LogP contribution in [0.4, 0.5) is 0 Å². The van der Waals surface area contributed by atoms with Gasteiger partial charge in [-0.25, -0.2) is 0 Å². The van der Waals surface area contributed by atoms with Gasteiger partial charge in [0.2, 0.25) is 0 Å². The first-order valence-electron chi connectivity index (χ1n) is 5.41. The van der Waals surface area contributed by atoms with Gasteiger partial charge in [-0.3, -0.25) is 0 Å². The quantitative estimate of drug-likeness (QED) is 0.727. The predicted molar refractivity (Wildman–Crippen MR) is 58.7 cm³/mol. The molecule has 2 saturated heterocycles. The first-order chi connectivity index (χ1) is 6.85. The fourth-order valence-corrected chi connectivity index (χ4v) is 3.71. The van der Waals surface area contributed by atoms with E-state index < -0.39 is 0 Å². The van der Waals surface area contributed by atoms with Gasteiger partial charge in [-0.2, -0.15) is 11.8 Å². The van der Waals surface area contributed by atoms with Crippen LogP contribution < -0.4 is 5.32 Å². The Labute approximate surface area is 89.6 Å². The highest BCUT2D eigenvalue weighted by Gasteiger charge is 2.40. The molecule has 4 heteroatoms. The van der Waals surface area contributed by atoms with Crippen LogP contribution in [-0.2, 0) is 4.74 Å². The van der Waals surface area contributed by atoms with E-state index in [1.807, 2.05) is 11.8 Å². The van der Waals surface area contributed by atoms with Crippen LogP contribution in [0.5, 0.6) is 0 Å². The van der Waals surface area contributed by atoms with Crippen LogP contribution in [0.25, 0.3) is 0 Å². The summed E-state index contributed by atoms with van der Waals surface area (Å²) < 4.78 is 5.91. The third-order valence-electron chi connectivity index (χ3n) is 3.10. The first kappa shape index (κ1) is 10.7. The number of rotatable bonds is 3. The van der Waals surface area contributed by atoms with Crippen molar-refractivity contribution in [3.63, 3.8) is 0 Å². The zero-order valence-electron chi connectivity index (χ0n) is 8.50. The lowest BCUT2D eigenvalue weighted by Gasteiger charge is -2.38. The average molecular weight is 217 g/mol. The second kappa shape index (κ2) is 4.84. The van der Waals surface area contributed by atoms with Crippen molar-refractivity contribution in [2.75, 3.05) is 31.3 Å². The van der Waals surface area contributed by atoms with E-state index in [0.717, 1.165) is 25.2 Å². The fraction of sp³-hybridized carbons (Fsp3) is 1.00. The molecule has 2 atom stereocenters. The van der Waals surface area contributed by atoms with Crippen molar-refractivity contribution >= 4 is 11.8 Å². The van der Waals surface area contributed by atoms with Crippen LogP contribution in [0, 0.1) is 0 Å². The molecule has 0 aliphatic carbocycles. The molecule has 0 aromatic heterocycles. The zero-order valence-corrected chi connectivity index (χ0v) is 9.31. The van der Waals surface area contributed by atoms with E-state index in [1.54, 1.807) is 0 Å². The third kappa shape index (κ3) is 2.42. The van der Waals surface area contributed by atoms with E-state index in [1.165, 1.54) is 12.2 Å². The molecule has 0 saturated carbocycles. The predicted octanol–water partition coefficient (Wildman–Crippen LogP) is 0.623. The Morgan fingerprint density at radius 2 is 2.50 bits per heavy atom. The molecule has 2 heterocycles. The van der Waals surface area contributed by atoms with Crippen LogP contribution in [0.1, 0.15) is 19.3 Å². The van der Waals surface area contributed by atoms with Crippen molar-refractivity contribution in [2.24, 2.45) is 0 Å². The van der Waals surface area contributed by atoms with Gasteiger partial charge in [0.1, 0.15) is 0 Å². The highest BCUT2D eigenvalue weighted by molar-refractivity contribution is 7.99. The lowest BCUT2D eigenvalue weighted by molar-refractivity contribution is -0.0703. The minimum atomic E-state index is 0.163. The van der Waals surface area contributed by atoms with Crippen molar-refractivity contribution in [1.82, 2.24) is 5.32 Å². The Balaban J connectivity index is 1.83. The number of aliphatic hydroxyl groups is 1. The molecule has 82 valence electrons. The lowest BCUT2D eigenvalue weighted by Crippen LogP contribution is -2.47. The van der Waals surface area contributed by atoms with E-state index in [4.69, 9.17) is 9.84 Å². The average Bonchev–Trinajstić information content (AvgIpc) is 2.63. The normalized spacial score (nSPS) is 37.9. The molecule has 2 fully saturated rings. The Hall–Kier alpha value is 0.230. The smallest absolute Gasteiger partial charge is 0.0795 e. The standard InChI is InChI=1S/C10H19NO2S/c12-4-3-11-9-1-5-13-10(7-9)2-6-14-8-10/h9,11-12H,1-8H2. The summed E-state index contributed by atoms with van der Waals surface area (Å²) in [6.07, 6.45) is 3.42. The molecule has 0 radical (unpaired) electrons. The van der Waals surface area contributed by atoms with Gasteiger partial charge >= 0.3 is 0 Å². The Morgan fingerprint density at radius 3 is 3.21 bits per heavy atom. The van der Waals surface area contributed by atoms with Crippen LogP contribution in [0.3, 0.4) is 0 Å². The Bertz CT molecular complexity index is 183. The third-order valence-corrected chi connectivity index (χ3v) is 4.33. The molecule has 2 aliphatic heterocycles. The molecule has 2 N–H and O–H groups in total. The van der Waals surface area contributed by atoms with E-state index in [9.17, 15) is 0 Å². The maximum absolute atomic E-state index is 8.76. The van der Waals surface area contributed by atoms with Gasteiger partial charge in [-0.05, 0) is 25.0 Å². The number of nitrogens with one attached hydrogen (secondary N) is 1. The largest absolute Gasteiger partial charge is 0.395 e. The van der Waals surface area contributed by atoms with E-state index >= 15 is 0 Å². The molecule has 2 aliphatic rings. The Morgan fingerprint density at radius 1 is 1.57 bits per heavy atom. The second-order valence-corrected chi connectivity index (χ2v) is 5.31. The van der Waals surface area contributed by atoms with Gasteiger partial charge in [0.15, 0.2) is 0 Å². The van der Waals surface area contributed by atoms with Gasteiger partial charge < -0.3 is 15.2 Å². The van der Waals surface area contributed by atoms with Gasteiger partial charge in [0.05, 0.1) is 12.2 Å². The van der Waals surface area contributed by atoms with Gasteiger partial charge in [-0.15, -0.1) is 0 Å². The molecular weight excluding hydrogens is 198 g/mol. The van der Waals surface area contributed by atoms with Gasteiger partial charge in [0, 0.05) is 24.9 Å². The number of thioether (sulfide) groups is 1. The summed E-state index contributed by atoms with van der Waals surface area (Å²) in [7, 11) is 0. The summed E-state index contributed by atoms with van der Waals surface area (Å²) in [6, 6.07) is 0.551. The topological polar surface area (TPSA) is 41.5 Å². The molecule has 3 nitrogen and oxygen atoms in total. The monoisotopic (exact) mass is 217 g/mol. The first-order valence-corrected chi connectivity index (χ1v) is 6.56. The minimum Gasteiger partial charge on any atom is -0.395 e. The molecule has 0 aromatic carbocycles. The van der Waals surface area contributed by atoms with E-state index in [0.29, 0.717) is 12.6 Å². The molecule has 0 aromatic rings. The van der Waals surface area contributed by atoms with E-state index in [2.05, 4.69) is 5.32 Å². The van der Waals surface area contributed by atoms with Crippen LogP contribution in [0.2, 0.25) is 0 Å². The molecule has 0 amide bonds. The maximum Gasteiger partial charge on any atom is 0.0795 e. The van der Waals surface area contributed by atoms with Crippen molar-refractivity contribution in [2.45, 2.75) is 30.9 Å². The molecular formula is C10H19NO2S. The van der Waals surface area contributed by atoms with Crippen molar-refractivity contribution < 1.29 is 9.84 Å². The number of ether oxygens (including phenoxy) is 1. The summed E-state index contributed by atoms with van der Waals surface area (Å²) in [4.78, 5) is 0. The summed E-state index contributed by atoms with van der Waals surface area (Å²) >= 11 is 2.00. The summed E-state index contributed by atoms with van der Waals surface area (Å²) in [5.41, 5.74) is 0.163. The van der Waals surface area contributed by atoms with E-state index in [-0.39, 0.29) is 12.2 Å². The summed E-state index contributed by atoms with van der Waals surface area (Å²) in [5, 5.41) is 12.1. The van der Waals surface area contributed by atoms with Crippen molar-refractivity contribution in [3.8, 4) is 0 Å². The number of hydrogen-bond acceptors (Lipinski definition) is 4. The Kier molecular flexibility index (Phi) is 3.71. The van der Waals surface area contributed by atoms with Crippen molar-refractivity contribution in [1.29, 1.82) is 0 Å². The minimum absolute atomic E-state index is 0.163. The second-order valence-electron chi connectivity index (χ2n) is 4.20. The fourth-order valence-electron chi connectivity index (χ4n) is 2.33. The van der Waals surface area contributed by atoms with Crippen molar-refractivity contribution in [3.05, 3.63) is 0 Å². The summed E-state index contributed by atoms with van der Waals surface area (Å²) in [6.45, 7) is 1.83. The number of hydrogen-bond donors (Lipinski definition) is 2. The molecule has 0 bridgehead atoms. The molecule has 1 spiro atoms. The maximum atomic E-state index is 8.76. The lowest BCUT2D eigenvalue weighted by atomic mass is 9.90. The SMILES string of the molecule is OCCNC1CCOC2(CCSC2)C1. The van der Waals surface area contributed by atoms with Crippen LogP contribution >= 0.6 is 11.8 Å².